The van der Waals surface area contributed by atoms with Gasteiger partial charge in [0, 0.05) is 22.2 Å². The number of ether oxygens (including phenoxy) is 2. The van der Waals surface area contributed by atoms with Gasteiger partial charge in [-0.15, -0.1) is 0 Å². The van der Waals surface area contributed by atoms with Crippen LogP contribution in [0.15, 0.2) is 12.2 Å². The van der Waals surface area contributed by atoms with E-state index in [1.54, 1.807) is 29.5 Å². The van der Waals surface area contributed by atoms with E-state index in [0.29, 0.717) is 0 Å². The zero-order chi connectivity index (χ0) is 29.2. The molecular formula is C22H28I3N3O10. The molecule has 0 aliphatic heterocycles. The monoisotopic (exact) mass is 875 g/mol. The van der Waals surface area contributed by atoms with E-state index in [4.69, 9.17) is 19.7 Å². The van der Waals surface area contributed by atoms with Crippen molar-refractivity contribution in [3.05, 3.63) is 34.0 Å². The number of esters is 2. The molecule has 0 spiro atoms. The molecule has 0 heterocycles. The number of amides is 2. The molecule has 0 aliphatic rings. The zero-order valence-electron chi connectivity index (χ0n) is 20.3. The van der Waals surface area contributed by atoms with Crippen molar-refractivity contribution >= 4 is 97.2 Å². The molecule has 212 valence electrons. The standard InChI is InChI=1S/C22H28I3N3O10/c1-4-37-22(36)20(38-21(35)9(2)3)28-17-15(24)12(18(33)26-5-10(31)7-29)14(23)13(16(17)25)19(34)27-6-11(32)8-30/h10-11,20,28-32H,2,4-8H2,1,3H3,(H,26,33)(H,27,34). The fourth-order valence-corrected chi connectivity index (χ4v) is 7.07. The fraction of sp³-hybridized carbons (Fsp3) is 0.455. The van der Waals surface area contributed by atoms with Crippen molar-refractivity contribution in [2.24, 2.45) is 0 Å². The summed E-state index contributed by atoms with van der Waals surface area (Å²) in [6, 6.07) is 0. The maximum atomic E-state index is 13.1. The van der Waals surface area contributed by atoms with Gasteiger partial charge in [-0.25, -0.2) is 9.59 Å². The first-order valence-electron chi connectivity index (χ1n) is 10.9. The van der Waals surface area contributed by atoms with Gasteiger partial charge >= 0.3 is 11.9 Å². The van der Waals surface area contributed by atoms with Crippen LogP contribution in [0.4, 0.5) is 5.69 Å². The van der Waals surface area contributed by atoms with Gasteiger partial charge in [0.1, 0.15) is 0 Å². The van der Waals surface area contributed by atoms with Gasteiger partial charge in [-0.2, -0.15) is 0 Å². The maximum Gasteiger partial charge on any atom is 0.369 e. The van der Waals surface area contributed by atoms with Gasteiger partial charge in [0.2, 0.25) is 0 Å². The van der Waals surface area contributed by atoms with Crippen LogP contribution < -0.4 is 16.0 Å². The van der Waals surface area contributed by atoms with E-state index < -0.39 is 55.4 Å². The van der Waals surface area contributed by atoms with Crippen LogP contribution in [-0.2, 0) is 19.1 Å². The summed E-state index contributed by atoms with van der Waals surface area (Å²) in [4.78, 5) is 51.0. The lowest BCUT2D eigenvalue weighted by molar-refractivity contribution is -0.163. The molecule has 1 aromatic rings. The number of halogens is 3. The van der Waals surface area contributed by atoms with Crippen molar-refractivity contribution in [2.45, 2.75) is 32.3 Å². The maximum absolute atomic E-state index is 13.1. The minimum absolute atomic E-state index is 0.0121. The normalized spacial score (nSPS) is 13.1. The Labute approximate surface area is 259 Å². The lowest BCUT2D eigenvalue weighted by Gasteiger charge is -2.24. The van der Waals surface area contributed by atoms with Crippen LogP contribution in [0, 0.1) is 10.7 Å². The summed E-state index contributed by atoms with van der Waals surface area (Å²) in [5, 5.41) is 45.1. The SMILES string of the molecule is C=C(C)C(=O)OC(Nc1c(I)c(C(=O)NCC(O)CO)c(I)c(C(=O)NCC(O)CO)c1I)C(=O)OCC. The molecule has 0 fully saturated rings. The molecule has 13 nitrogen and oxygen atoms in total. The van der Waals surface area contributed by atoms with E-state index >= 15 is 0 Å². The van der Waals surface area contributed by atoms with Crippen LogP contribution >= 0.6 is 67.8 Å². The number of nitrogens with one attached hydrogen (secondary N) is 3. The number of benzene rings is 1. The number of aliphatic hydroxyl groups is 4. The minimum atomic E-state index is -1.67. The quantitative estimate of drug-likeness (QED) is 0.0578. The summed E-state index contributed by atoms with van der Waals surface area (Å²) >= 11 is 5.42. The second-order valence-electron chi connectivity index (χ2n) is 7.62. The van der Waals surface area contributed by atoms with E-state index in [1.807, 2.05) is 45.2 Å². The first-order chi connectivity index (χ1) is 17.8. The molecule has 1 rings (SSSR count). The minimum Gasteiger partial charge on any atom is -0.462 e. The summed E-state index contributed by atoms with van der Waals surface area (Å²) in [6.45, 7) is 4.64. The molecule has 0 radical (unpaired) electrons. The average molecular weight is 875 g/mol. The number of anilines is 1. The summed E-state index contributed by atoms with van der Waals surface area (Å²) in [7, 11) is 0. The number of carbonyl (C=O) groups excluding carboxylic acids is 4. The van der Waals surface area contributed by atoms with E-state index in [2.05, 4.69) is 22.5 Å². The molecule has 0 saturated heterocycles. The topological polar surface area (TPSA) is 204 Å². The highest BCUT2D eigenvalue weighted by molar-refractivity contribution is 14.1. The first-order valence-corrected chi connectivity index (χ1v) is 14.2. The molecule has 16 heteroatoms. The summed E-state index contributed by atoms with van der Waals surface area (Å²) in [6.07, 6.45) is -4.12. The number of carbonyl (C=O) groups is 4. The Bertz CT molecular complexity index is 1020. The van der Waals surface area contributed by atoms with Crippen LogP contribution in [0.5, 0.6) is 0 Å². The summed E-state index contributed by atoms with van der Waals surface area (Å²) in [5.74, 6) is -3.25. The van der Waals surface area contributed by atoms with Gasteiger partial charge in [-0.05, 0) is 81.6 Å². The third-order valence-electron chi connectivity index (χ3n) is 4.54. The van der Waals surface area contributed by atoms with Gasteiger partial charge in [-0.1, -0.05) is 6.58 Å². The second kappa shape index (κ2) is 16.7. The van der Waals surface area contributed by atoms with E-state index in [-0.39, 0.29) is 52.8 Å². The molecule has 1 aromatic carbocycles. The number of rotatable bonds is 14. The molecule has 0 bridgehead atoms. The molecule has 2 amide bonds. The molecule has 3 atom stereocenters. The zero-order valence-corrected chi connectivity index (χ0v) is 26.8. The lowest BCUT2D eigenvalue weighted by Crippen LogP contribution is -2.39. The highest BCUT2D eigenvalue weighted by Gasteiger charge is 2.32. The van der Waals surface area contributed by atoms with Gasteiger partial charge in [-0.3, -0.25) is 9.59 Å². The Morgan fingerprint density at radius 2 is 1.34 bits per heavy atom. The third-order valence-corrected chi connectivity index (χ3v) is 7.77. The van der Waals surface area contributed by atoms with E-state index in [0.717, 1.165) is 0 Å². The molecule has 7 N–H and O–H groups in total. The Balaban J connectivity index is 3.70. The van der Waals surface area contributed by atoms with Gasteiger partial charge < -0.3 is 45.9 Å². The van der Waals surface area contributed by atoms with Crippen LogP contribution in [0.1, 0.15) is 34.6 Å². The predicted octanol–water partition coefficient (Wildman–Crippen LogP) is 0.0868. The van der Waals surface area contributed by atoms with Crippen molar-refractivity contribution in [1.82, 2.24) is 10.6 Å². The smallest absolute Gasteiger partial charge is 0.369 e. The lowest BCUT2D eigenvalue weighted by atomic mass is 10.1. The Morgan fingerprint density at radius 1 is 0.895 bits per heavy atom. The predicted molar refractivity (Wildman–Crippen MR) is 160 cm³/mol. The molecule has 0 saturated carbocycles. The molecule has 0 aromatic heterocycles. The van der Waals surface area contributed by atoms with Crippen molar-refractivity contribution < 1.29 is 49.1 Å². The van der Waals surface area contributed by atoms with Crippen molar-refractivity contribution in [1.29, 1.82) is 0 Å². The summed E-state index contributed by atoms with van der Waals surface area (Å²) < 4.78 is 10.9. The largest absolute Gasteiger partial charge is 0.462 e. The van der Waals surface area contributed by atoms with E-state index in [9.17, 15) is 29.4 Å². The highest BCUT2D eigenvalue weighted by atomic mass is 127. The Kier molecular flexibility index (Phi) is 15.2. The van der Waals surface area contributed by atoms with Crippen LogP contribution in [0.25, 0.3) is 0 Å². The van der Waals surface area contributed by atoms with Crippen LogP contribution in [0.2, 0.25) is 0 Å². The molecular weight excluding hydrogens is 847 g/mol. The van der Waals surface area contributed by atoms with E-state index in [1.165, 1.54) is 6.92 Å². The average Bonchev–Trinajstić information content (AvgIpc) is 2.87. The fourth-order valence-electron chi connectivity index (χ4n) is 2.61. The first kappa shape index (κ1) is 34.7. The highest BCUT2D eigenvalue weighted by Crippen LogP contribution is 2.36. The number of hydrogen-bond donors (Lipinski definition) is 7. The molecule has 38 heavy (non-hydrogen) atoms. The third kappa shape index (κ3) is 9.70. The van der Waals surface area contributed by atoms with Crippen LogP contribution in [-0.4, -0.2) is 95.5 Å². The van der Waals surface area contributed by atoms with Gasteiger partial charge in [0.15, 0.2) is 0 Å². The van der Waals surface area contributed by atoms with Crippen molar-refractivity contribution in [3.8, 4) is 0 Å². The number of hydrogen-bond acceptors (Lipinski definition) is 11. The van der Waals surface area contributed by atoms with Gasteiger partial charge in [0.05, 0.1) is 56.0 Å². The van der Waals surface area contributed by atoms with Crippen molar-refractivity contribution in [2.75, 3.05) is 38.2 Å². The molecule has 0 aliphatic carbocycles. The van der Waals surface area contributed by atoms with Crippen LogP contribution in [0.3, 0.4) is 0 Å². The van der Waals surface area contributed by atoms with Gasteiger partial charge in [0.25, 0.3) is 18.0 Å². The number of aliphatic hydroxyl groups excluding tert-OH is 4. The van der Waals surface area contributed by atoms with Crippen molar-refractivity contribution in [3.63, 3.8) is 0 Å². The second-order valence-corrected chi connectivity index (χ2v) is 10.9. The Morgan fingerprint density at radius 3 is 1.71 bits per heavy atom. The molecule has 3 unspecified atom stereocenters. The Hall–Kier alpha value is -1.33. The summed E-state index contributed by atoms with van der Waals surface area (Å²) in [5.41, 5.74) is 0.0694.